The number of carbonyl (C=O) groups excluding carboxylic acids is 1. The van der Waals surface area contributed by atoms with Gasteiger partial charge in [0.05, 0.1) is 5.92 Å². The van der Waals surface area contributed by atoms with Crippen molar-refractivity contribution in [3.8, 4) is 0 Å². The average molecular weight is 469 g/mol. The fourth-order valence-corrected chi connectivity index (χ4v) is 4.11. The van der Waals surface area contributed by atoms with Gasteiger partial charge in [-0.2, -0.15) is 0 Å². The van der Waals surface area contributed by atoms with Crippen molar-refractivity contribution >= 4 is 11.9 Å². The van der Waals surface area contributed by atoms with Gasteiger partial charge in [-0.05, 0) is 29.2 Å². The van der Waals surface area contributed by atoms with E-state index in [0.717, 1.165) is 22.3 Å². The number of H-pyrrole nitrogens is 1. The van der Waals surface area contributed by atoms with Crippen molar-refractivity contribution in [2.45, 2.75) is 31.8 Å². The number of nitrogens with two attached hydrogens (primary N) is 1. The van der Waals surface area contributed by atoms with Crippen LogP contribution < -0.4 is 11.1 Å². The van der Waals surface area contributed by atoms with Crippen LogP contribution in [-0.4, -0.2) is 33.0 Å². The molecule has 178 valence electrons. The zero-order valence-electron chi connectivity index (χ0n) is 19.4. The van der Waals surface area contributed by atoms with Crippen LogP contribution in [0.5, 0.6) is 0 Å². The highest BCUT2D eigenvalue weighted by Gasteiger charge is 2.26. The van der Waals surface area contributed by atoms with Gasteiger partial charge in [-0.1, -0.05) is 84.9 Å². The largest absolute Gasteiger partial charge is 0.480 e. The maximum atomic E-state index is 13.1. The van der Waals surface area contributed by atoms with Crippen LogP contribution in [0.4, 0.5) is 0 Å². The Morgan fingerprint density at radius 3 is 1.97 bits per heavy atom. The number of hydrogen-bond donors (Lipinski definition) is 4. The van der Waals surface area contributed by atoms with Crippen LogP contribution in [0.3, 0.4) is 0 Å². The normalized spacial score (nSPS) is 11.9. The number of carboxylic acid groups (broad SMARTS) is 1. The fraction of sp³-hybridized carbons (Fsp3) is 0.179. The number of hydrogen-bond acceptors (Lipinski definition) is 4. The van der Waals surface area contributed by atoms with Gasteiger partial charge >= 0.3 is 5.97 Å². The maximum absolute atomic E-state index is 13.1. The van der Waals surface area contributed by atoms with Gasteiger partial charge in [0.1, 0.15) is 17.6 Å². The number of aliphatic carboxylic acids is 1. The highest BCUT2D eigenvalue weighted by molar-refractivity contribution is 5.96. The van der Waals surface area contributed by atoms with Gasteiger partial charge in [-0.25, -0.2) is 9.78 Å². The Morgan fingerprint density at radius 2 is 1.46 bits per heavy atom. The van der Waals surface area contributed by atoms with E-state index in [-0.39, 0.29) is 18.0 Å². The first kappa shape index (κ1) is 23.9. The van der Waals surface area contributed by atoms with E-state index in [1.165, 1.54) is 0 Å². The molecular formula is C28H28N4O3. The molecule has 4 aromatic rings. The van der Waals surface area contributed by atoms with E-state index in [1.807, 2.05) is 84.9 Å². The Morgan fingerprint density at radius 1 is 0.914 bits per heavy atom. The summed E-state index contributed by atoms with van der Waals surface area (Å²) in [4.78, 5) is 32.9. The Balaban J connectivity index is 1.59. The zero-order valence-corrected chi connectivity index (χ0v) is 19.4. The Labute approximate surface area is 204 Å². The van der Waals surface area contributed by atoms with Gasteiger partial charge in [-0.3, -0.25) is 4.79 Å². The molecule has 7 nitrogen and oxygen atoms in total. The quantitative estimate of drug-likeness (QED) is 0.298. The SMILES string of the molecule is Cc1[nH]c(C(c2ccccc2)c2ccccc2)nc1C(=O)N[C@@H](Cc1ccc(CN)cc1)C(=O)O. The highest BCUT2D eigenvalue weighted by atomic mass is 16.4. The molecule has 0 unspecified atom stereocenters. The number of amides is 1. The topological polar surface area (TPSA) is 121 Å². The molecular weight excluding hydrogens is 440 g/mol. The molecule has 5 N–H and O–H groups in total. The predicted molar refractivity (Wildman–Crippen MR) is 134 cm³/mol. The number of nitrogens with zero attached hydrogens (tertiary/aromatic N) is 1. The number of aryl methyl sites for hydroxylation is 1. The molecule has 0 aliphatic heterocycles. The van der Waals surface area contributed by atoms with Crippen molar-refractivity contribution < 1.29 is 14.7 Å². The number of nitrogens with one attached hydrogen (secondary N) is 2. The Bertz CT molecular complexity index is 1250. The smallest absolute Gasteiger partial charge is 0.326 e. The van der Waals surface area contributed by atoms with Gasteiger partial charge in [0.15, 0.2) is 0 Å². The van der Waals surface area contributed by atoms with Crippen LogP contribution in [0.15, 0.2) is 84.9 Å². The van der Waals surface area contributed by atoms with Gasteiger partial charge in [0.25, 0.3) is 5.91 Å². The molecule has 0 bridgehead atoms. The van der Waals surface area contributed by atoms with E-state index < -0.39 is 17.9 Å². The molecule has 4 rings (SSSR count). The maximum Gasteiger partial charge on any atom is 0.326 e. The first-order valence-electron chi connectivity index (χ1n) is 11.4. The number of aromatic nitrogens is 2. The van der Waals surface area contributed by atoms with Crippen molar-refractivity contribution in [3.63, 3.8) is 0 Å². The predicted octanol–water partition coefficient (Wildman–Crippen LogP) is 3.78. The molecule has 1 atom stereocenters. The first-order valence-corrected chi connectivity index (χ1v) is 11.4. The number of carbonyl (C=O) groups is 2. The van der Waals surface area contributed by atoms with Gasteiger partial charge in [0, 0.05) is 18.7 Å². The molecule has 0 fully saturated rings. The van der Waals surface area contributed by atoms with E-state index >= 15 is 0 Å². The summed E-state index contributed by atoms with van der Waals surface area (Å²) in [5.74, 6) is -1.22. The minimum Gasteiger partial charge on any atom is -0.480 e. The summed E-state index contributed by atoms with van der Waals surface area (Å²) in [7, 11) is 0. The number of rotatable bonds is 9. The number of carboxylic acids is 1. The molecule has 1 aromatic heterocycles. The molecule has 35 heavy (non-hydrogen) atoms. The zero-order chi connectivity index (χ0) is 24.8. The van der Waals surface area contributed by atoms with Gasteiger partial charge in [0.2, 0.25) is 0 Å². The van der Waals surface area contributed by atoms with Crippen LogP contribution in [0.25, 0.3) is 0 Å². The highest BCUT2D eigenvalue weighted by Crippen LogP contribution is 2.30. The monoisotopic (exact) mass is 468 g/mol. The molecule has 0 saturated heterocycles. The summed E-state index contributed by atoms with van der Waals surface area (Å²) in [6, 6.07) is 26.1. The summed E-state index contributed by atoms with van der Waals surface area (Å²) in [5, 5.41) is 12.4. The fourth-order valence-electron chi connectivity index (χ4n) is 4.11. The van der Waals surface area contributed by atoms with Crippen molar-refractivity contribution in [1.29, 1.82) is 0 Å². The average Bonchev–Trinajstić information content (AvgIpc) is 3.26. The van der Waals surface area contributed by atoms with Crippen molar-refractivity contribution in [2.24, 2.45) is 5.73 Å². The second-order valence-electron chi connectivity index (χ2n) is 8.44. The van der Waals surface area contributed by atoms with Crippen LogP contribution in [0.2, 0.25) is 0 Å². The lowest BCUT2D eigenvalue weighted by atomic mass is 9.91. The number of aromatic amines is 1. The standard InChI is InChI=1S/C28H28N4O3/c1-18-25(27(33)31-23(28(34)35)16-19-12-14-20(17-29)15-13-19)32-26(30-18)24(21-8-4-2-5-9-21)22-10-6-3-7-11-22/h2-15,23-24H,16-17,29H2,1H3,(H,30,32)(H,31,33)(H,34,35)/t23-/m0/s1. The van der Waals surface area contributed by atoms with Crippen LogP contribution in [-0.2, 0) is 17.8 Å². The molecule has 0 aliphatic carbocycles. The second kappa shape index (κ2) is 10.8. The van der Waals surface area contributed by atoms with Crippen molar-refractivity contribution in [2.75, 3.05) is 0 Å². The lowest BCUT2D eigenvalue weighted by molar-refractivity contribution is -0.139. The molecule has 1 heterocycles. The summed E-state index contributed by atoms with van der Waals surface area (Å²) in [6.07, 6.45) is 0.152. The number of imidazole rings is 1. The number of benzene rings is 3. The van der Waals surface area contributed by atoms with Crippen LogP contribution in [0.1, 0.15) is 50.2 Å². The third-order valence-electron chi connectivity index (χ3n) is 5.96. The van der Waals surface area contributed by atoms with Crippen molar-refractivity contribution in [3.05, 3.63) is 124 Å². The van der Waals surface area contributed by atoms with E-state index in [1.54, 1.807) is 6.92 Å². The summed E-state index contributed by atoms with van der Waals surface area (Å²) < 4.78 is 0. The van der Waals surface area contributed by atoms with Crippen LogP contribution in [0, 0.1) is 6.92 Å². The molecule has 3 aromatic carbocycles. The summed E-state index contributed by atoms with van der Waals surface area (Å²) in [6.45, 7) is 2.17. The third-order valence-corrected chi connectivity index (χ3v) is 5.96. The molecule has 0 spiro atoms. The van der Waals surface area contributed by atoms with Gasteiger partial charge in [-0.15, -0.1) is 0 Å². The summed E-state index contributed by atoms with van der Waals surface area (Å²) in [5.41, 5.74) is 10.2. The molecule has 1 amide bonds. The minimum absolute atomic E-state index is 0.152. The van der Waals surface area contributed by atoms with E-state index in [9.17, 15) is 14.7 Å². The van der Waals surface area contributed by atoms with E-state index in [0.29, 0.717) is 18.1 Å². The second-order valence-corrected chi connectivity index (χ2v) is 8.44. The molecule has 0 aliphatic rings. The minimum atomic E-state index is -1.11. The molecule has 0 radical (unpaired) electrons. The lowest BCUT2D eigenvalue weighted by Crippen LogP contribution is -2.42. The molecule has 7 heteroatoms. The Hall–Kier alpha value is -4.23. The van der Waals surface area contributed by atoms with Crippen molar-refractivity contribution in [1.82, 2.24) is 15.3 Å². The third kappa shape index (κ3) is 5.65. The summed E-state index contributed by atoms with van der Waals surface area (Å²) >= 11 is 0. The Kier molecular flexibility index (Phi) is 7.38. The molecule has 0 saturated carbocycles. The van der Waals surface area contributed by atoms with Crippen LogP contribution >= 0.6 is 0 Å². The van der Waals surface area contributed by atoms with E-state index in [4.69, 9.17) is 5.73 Å². The lowest BCUT2D eigenvalue weighted by Gasteiger charge is -2.16. The first-order chi connectivity index (χ1) is 17.0. The van der Waals surface area contributed by atoms with Gasteiger partial charge < -0.3 is 21.1 Å². The van der Waals surface area contributed by atoms with E-state index in [2.05, 4.69) is 15.3 Å².